The minimum absolute atomic E-state index is 0.0487. The Labute approximate surface area is 226 Å². The van der Waals surface area contributed by atoms with E-state index in [2.05, 4.69) is 6.92 Å². The molecule has 37 heavy (non-hydrogen) atoms. The van der Waals surface area contributed by atoms with E-state index in [1.165, 1.54) is 11.8 Å². The van der Waals surface area contributed by atoms with Crippen molar-refractivity contribution < 1.29 is 9.53 Å². The largest absolute Gasteiger partial charge is 0.489 e. The van der Waals surface area contributed by atoms with Gasteiger partial charge >= 0.3 is 0 Å². The van der Waals surface area contributed by atoms with Crippen molar-refractivity contribution in [2.24, 2.45) is 0 Å². The van der Waals surface area contributed by atoms with Gasteiger partial charge in [-0.3, -0.25) is 9.69 Å². The molecule has 1 atom stereocenters. The van der Waals surface area contributed by atoms with Crippen LogP contribution in [0.25, 0.3) is 23.0 Å². The third kappa shape index (κ3) is 5.53. The van der Waals surface area contributed by atoms with Gasteiger partial charge in [-0.05, 0) is 61.4 Å². The predicted molar refractivity (Wildman–Crippen MR) is 155 cm³/mol. The quantitative estimate of drug-likeness (QED) is 0.181. The maximum Gasteiger partial charge on any atom is 0.266 e. The van der Waals surface area contributed by atoms with Gasteiger partial charge < -0.3 is 4.74 Å². The summed E-state index contributed by atoms with van der Waals surface area (Å²) in [5.74, 6) is 0.735. The molecule has 0 saturated carbocycles. The second-order valence-electron chi connectivity index (χ2n) is 8.82. The van der Waals surface area contributed by atoms with E-state index in [9.17, 15) is 4.79 Å². The summed E-state index contributed by atoms with van der Waals surface area (Å²) in [5.41, 5.74) is 4.63. The highest BCUT2D eigenvalue weighted by Crippen LogP contribution is 2.36. The lowest BCUT2D eigenvalue weighted by molar-refractivity contribution is -0.123. The second kappa shape index (κ2) is 11.2. The molecule has 1 aliphatic heterocycles. The van der Waals surface area contributed by atoms with Crippen molar-refractivity contribution >= 4 is 40.3 Å². The van der Waals surface area contributed by atoms with Crippen LogP contribution in [0.3, 0.4) is 0 Å². The highest BCUT2D eigenvalue weighted by atomic mass is 32.2. The van der Waals surface area contributed by atoms with E-state index in [4.69, 9.17) is 22.1 Å². The van der Waals surface area contributed by atoms with E-state index in [0.29, 0.717) is 15.8 Å². The number of thioether (sulfide) groups is 1. The summed E-state index contributed by atoms with van der Waals surface area (Å²) in [6, 6.07) is 28.0. The highest BCUT2D eigenvalue weighted by molar-refractivity contribution is 8.26. The van der Waals surface area contributed by atoms with Crippen LogP contribution in [0.4, 0.5) is 0 Å². The monoisotopic (exact) mass is 525 g/mol. The van der Waals surface area contributed by atoms with Gasteiger partial charge in [0, 0.05) is 23.4 Å². The number of benzene rings is 3. The zero-order valence-electron chi connectivity index (χ0n) is 20.7. The Kier molecular flexibility index (Phi) is 7.53. The molecule has 1 aliphatic rings. The lowest BCUT2D eigenvalue weighted by Gasteiger charge is -2.21. The third-order valence-corrected chi connectivity index (χ3v) is 7.61. The molecule has 0 aliphatic carbocycles. The SMILES string of the molecule is CCC(C)N1C(=O)/C(=C\c2cn(-c3ccccc3)nc2-c2ccc(OCc3ccccc3)cc2)SC1=S. The van der Waals surface area contributed by atoms with Crippen molar-refractivity contribution in [3.63, 3.8) is 0 Å². The minimum Gasteiger partial charge on any atom is -0.489 e. The van der Waals surface area contributed by atoms with Crippen molar-refractivity contribution in [1.82, 2.24) is 14.7 Å². The Balaban J connectivity index is 1.46. The Hall–Kier alpha value is -3.68. The number of rotatable bonds is 8. The van der Waals surface area contributed by atoms with Crippen molar-refractivity contribution in [2.75, 3.05) is 0 Å². The first-order valence-corrected chi connectivity index (χ1v) is 13.4. The van der Waals surface area contributed by atoms with Gasteiger partial charge in [-0.1, -0.05) is 79.4 Å². The van der Waals surface area contributed by atoms with Crippen LogP contribution in [0.15, 0.2) is 96.0 Å². The van der Waals surface area contributed by atoms with Gasteiger partial charge in [0.25, 0.3) is 5.91 Å². The lowest BCUT2D eigenvalue weighted by Crippen LogP contribution is -2.36. The summed E-state index contributed by atoms with van der Waals surface area (Å²) >= 11 is 6.88. The summed E-state index contributed by atoms with van der Waals surface area (Å²) < 4.78 is 8.40. The normalized spacial score (nSPS) is 15.4. The van der Waals surface area contributed by atoms with E-state index >= 15 is 0 Å². The molecule has 0 radical (unpaired) electrons. The van der Waals surface area contributed by atoms with E-state index in [0.717, 1.165) is 40.2 Å². The molecule has 1 fully saturated rings. The number of ether oxygens (including phenoxy) is 1. The fourth-order valence-corrected chi connectivity index (χ4v) is 5.52. The third-order valence-electron chi connectivity index (χ3n) is 6.28. The first kappa shape index (κ1) is 25.0. The Bertz CT molecular complexity index is 1430. The number of carbonyl (C=O) groups is 1. The Morgan fingerprint density at radius 1 is 1.00 bits per heavy atom. The van der Waals surface area contributed by atoms with Gasteiger partial charge in [0.15, 0.2) is 0 Å². The lowest BCUT2D eigenvalue weighted by atomic mass is 10.1. The van der Waals surface area contributed by atoms with E-state index in [-0.39, 0.29) is 11.9 Å². The molecular weight excluding hydrogens is 498 g/mol. The summed E-state index contributed by atoms with van der Waals surface area (Å²) in [4.78, 5) is 15.5. The van der Waals surface area contributed by atoms with Gasteiger partial charge in [0.1, 0.15) is 16.7 Å². The van der Waals surface area contributed by atoms with E-state index < -0.39 is 0 Å². The van der Waals surface area contributed by atoms with E-state index in [1.807, 2.05) is 109 Å². The van der Waals surface area contributed by atoms with Crippen LogP contribution in [-0.4, -0.2) is 30.9 Å². The number of hydrogen-bond donors (Lipinski definition) is 0. The number of thiocarbonyl (C=S) groups is 1. The standard InChI is InChI=1S/C30H27N3O2S2/c1-3-21(2)33-29(34)27(37-30(33)36)18-24-19-32(25-12-8-5-9-13-25)31-28(24)23-14-16-26(17-15-23)35-20-22-10-6-4-7-11-22/h4-19,21H,3,20H2,1-2H3/b27-18+. The summed E-state index contributed by atoms with van der Waals surface area (Å²) in [6.45, 7) is 4.59. The number of aromatic nitrogens is 2. The molecule has 0 bridgehead atoms. The molecule has 5 rings (SSSR count). The van der Waals surface area contributed by atoms with Gasteiger partial charge in [-0.15, -0.1) is 0 Å². The molecule has 2 heterocycles. The molecule has 1 unspecified atom stereocenters. The number of hydrogen-bond acceptors (Lipinski definition) is 5. The summed E-state index contributed by atoms with van der Waals surface area (Å²) in [5, 5.41) is 4.89. The molecule has 1 saturated heterocycles. The molecule has 0 N–H and O–H groups in total. The number of amides is 1. The van der Waals surface area contributed by atoms with E-state index in [1.54, 1.807) is 4.90 Å². The number of nitrogens with zero attached hydrogens (tertiary/aromatic N) is 3. The van der Waals surface area contributed by atoms with Crippen molar-refractivity contribution in [1.29, 1.82) is 0 Å². The maximum atomic E-state index is 13.2. The van der Waals surface area contributed by atoms with Crippen LogP contribution >= 0.6 is 24.0 Å². The zero-order valence-corrected chi connectivity index (χ0v) is 22.3. The van der Waals surface area contributed by atoms with Crippen LogP contribution < -0.4 is 4.74 Å². The van der Waals surface area contributed by atoms with Gasteiger partial charge in [0.2, 0.25) is 0 Å². The average Bonchev–Trinajstić information content (AvgIpc) is 3.48. The number of para-hydroxylation sites is 1. The zero-order chi connectivity index (χ0) is 25.8. The first-order chi connectivity index (χ1) is 18.0. The molecular formula is C30H27N3O2S2. The van der Waals surface area contributed by atoms with Gasteiger partial charge in [-0.2, -0.15) is 5.10 Å². The average molecular weight is 526 g/mol. The summed E-state index contributed by atoms with van der Waals surface area (Å²) in [7, 11) is 0. The first-order valence-electron chi connectivity index (χ1n) is 12.2. The smallest absolute Gasteiger partial charge is 0.266 e. The molecule has 0 spiro atoms. The fraction of sp³-hybridized carbons (Fsp3) is 0.167. The van der Waals surface area contributed by atoms with Gasteiger partial charge in [-0.25, -0.2) is 4.68 Å². The summed E-state index contributed by atoms with van der Waals surface area (Å²) in [6.07, 6.45) is 4.71. The van der Waals surface area contributed by atoms with Gasteiger partial charge in [0.05, 0.1) is 16.3 Å². The molecule has 1 amide bonds. The predicted octanol–water partition coefficient (Wildman–Crippen LogP) is 7.12. The number of carbonyl (C=O) groups excluding carboxylic acids is 1. The molecule has 186 valence electrons. The highest BCUT2D eigenvalue weighted by Gasteiger charge is 2.35. The van der Waals surface area contributed by atoms with Crippen LogP contribution in [0.1, 0.15) is 31.4 Å². The van der Waals surface area contributed by atoms with Crippen LogP contribution in [0.2, 0.25) is 0 Å². The Morgan fingerprint density at radius 3 is 2.35 bits per heavy atom. The van der Waals surface area contributed by atoms with Crippen molar-refractivity contribution in [3.8, 4) is 22.7 Å². The molecule has 5 nitrogen and oxygen atoms in total. The molecule has 7 heteroatoms. The van der Waals surface area contributed by atoms with Crippen molar-refractivity contribution in [2.45, 2.75) is 32.9 Å². The van der Waals surface area contributed by atoms with Crippen LogP contribution in [0, 0.1) is 0 Å². The molecule has 4 aromatic rings. The van der Waals surface area contributed by atoms with Crippen LogP contribution in [0.5, 0.6) is 5.75 Å². The minimum atomic E-state index is -0.0487. The van der Waals surface area contributed by atoms with Crippen molar-refractivity contribution in [3.05, 3.63) is 107 Å². The molecule has 3 aromatic carbocycles. The second-order valence-corrected chi connectivity index (χ2v) is 10.5. The Morgan fingerprint density at radius 2 is 1.68 bits per heavy atom. The molecule has 1 aromatic heterocycles. The topological polar surface area (TPSA) is 47.4 Å². The maximum absolute atomic E-state index is 13.2. The van der Waals surface area contributed by atoms with Crippen LogP contribution in [-0.2, 0) is 11.4 Å². The fourth-order valence-electron chi connectivity index (χ4n) is 4.06.